The van der Waals surface area contributed by atoms with E-state index in [1.54, 1.807) is 0 Å². The highest BCUT2D eigenvalue weighted by atomic mass is 32.2. The molecular weight excluding hydrogens is 222 g/mol. The standard InChI is InChI=1S/C12H19NO2S/c1-4-13-12(9-16(3,14)15)11-7-5-6-10(2)8-11/h5-8,12-13H,4,9H2,1-3H3. The van der Waals surface area contributed by atoms with Crippen molar-refractivity contribution < 1.29 is 8.42 Å². The van der Waals surface area contributed by atoms with Gasteiger partial charge in [-0.05, 0) is 19.0 Å². The van der Waals surface area contributed by atoms with Gasteiger partial charge in [0.25, 0.3) is 0 Å². The quantitative estimate of drug-likeness (QED) is 0.853. The lowest BCUT2D eigenvalue weighted by molar-refractivity contribution is 0.563. The van der Waals surface area contributed by atoms with Gasteiger partial charge in [0.2, 0.25) is 0 Å². The molecule has 0 aliphatic heterocycles. The van der Waals surface area contributed by atoms with Crippen LogP contribution < -0.4 is 5.32 Å². The number of nitrogens with one attached hydrogen (secondary N) is 1. The van der Waals surface area contributed by atoms with Gasteiger partial charge in [-0.3, -0.25) is 0 Å². The Morgan fingerprint density at radius 2 is 2.06 bits per heavy atom. The van der Waals surface area contributed by atoms with E-state index in [4.69, 9.17) is 0 Å². The van der Waals surface area contributed by atoms with Crippen molar-refractivity contribution in [1.82, 2.24) is 5.32 Å². The molecular formula is C12H19NO2S. The molecule has 1 aromatic carbocycles. The number of hydrogen-bond acceptors (Lipinski definition) is 3. The van der Waals surface area contributed by atoms with Gasteiger partial charge in [0.15, 0.2) is 0 Å². The summed E-state index contributed by atoms with van der Waals surface area (Å²) < 4.78 is 22.7. The van der Waals surface area contributed by atoms with Crippen LogP contribution in [-0.4, -0.2) is 27.0 Å². The van der Waals surface area contributed by atoms with E-state index in [1.807, 2.05) is 38.1 Å². The van der Waals surface area contributed by atoms with E-state index in [1.165, 1.54) is 6.26 Å². The monoisotopic (exact) mass is 241 g/mol. The van der Waals surface area contributed by atoms with E-state index in [-0.39, 0.29) is 11.8 Å². The second-order valence-electron chi connectivity index (χ2n) is 4.12. The van der Waals surface area contributed by atoms with Crippen molar-refractivity contribution in [3.8, 4) is 0 Å². The molecule has 0 amide bonds. The summed E-state index contributed by atoms with van der Waals surface area (Å²) in [4.78, 5) is 0. The number of aryl methyl sites for hydroxylation is 1. The maximum atomic E-state index is 11.3. The predicted octanol–water partition coefficient (Wildman–Crippen LogP) is 1.69. The second-order valence-corrected chi connectivity index (χ2v) is 6.30. The molecule has 0 fully saturated rings. The van der Waals surface area contributed by atoms with Gasteiger partial charge in [0, 0.05) is 12.3 Å². The Kier molecular flexibility index (Phi) is 4.50. The van der Waals surface area contributed by atoms with Gasteiger partial charge in [-0.1, -0.05) is 36.8 Å². The first-order valence-electron chi connectivity index (χ1n) is 5.40. The molecule has 1 rings (SSSR count). The zero-order chi connectivity index (χ0) is 12.2. The molecule has 0 bridgehead atoms. The molecule has 0 aliphatic carbocycles. The molecule has 4 heteroatoms. The van der Waals surface area contributed by atoms with Crippen molar-refractivity contribution in [3.05, 3.63) is 35.4 Å². The minimum absolute atomic E-state index is 0.111. The summed E-state index contributed by atoms with van der Waals surface area (Å²) in [5, 5.41) is 3.20. The third kappa shape index (κ3) is 4.33. The Bertz CT molecular complexity index is 440. The molecule has 90 valence electrons. The first kappa shape index (κ1) is 13.2. The first-order valence-corrected chi connectivity index (χ1v) is 7.46. The molecule has 0 heterocycles. The van der Waals surface area contributed by atoms with E-state index < -0.39 is 9.84 Å². The molecule has 3 nitrogen and oxygen atoms in total. The lowest BCUT2D eigenvalue weighted by Gasteiger charge is -2.17. The van der Waals surface area contributed by atoms with Crippen molar-refractivity contribution in [2.24, 2.45) is 0 Å². The van der Waals surface area contributed by atoms with Crippen molar-refractivity contribution in [1.29, 1.82) is 0 Å². The SMILES string of the molecule is CCNC(CS(C)(=O)=O)c1cccc(C)c1. The summed E-state index contributed by atoms with van der Waals surface area (Å²) >= 11 is 0. The lowest BCUT2D eigenvalue weighted by atomic mass is 10.1. The Morgan fingerprint density at radius 3 is 2.56 bits per heavy atom. The Labute approximate surface area is 97.8 Å². The summed E-state index contributed by atoms with van der Waals surface area (Å²) in [5.41, 5.74) is 2.18. The minimum atomic E-state index is -2.97. The van der Waals surface area contributed by atoms with Gasteiger partial charge >= 0.3 is 0 Å². The molecule has 0 spiro atoms. The highest BCUT2D eigenvalue weighted by Gasteiger charge is 2.16. The van der Waals surface area contributed by atoms with Crippen molar-refractivity contribution >= 4 is 9.84 Å². The van der Waals surface area contributed by atoms with Crippen LogP contribution >= 0.6 is 0 Å². The van der Waals surface area contributed by atoms with Crippen LogP contribution in [0.25, 0.3) is 0 Å². The fourth-order valence-corrected chi connectivity index (χ4v) is 2.62. The average molecular weight is 241 g/mol. The van der Waals surface area contributed by atoms with Crippen LogP contribution in [0, 0.1) is 6.92 Å². The zero-order valence-electron chi connectivity index (χ0n) is 10.0. The smallest absolute Gasteiger partial charge is 0.149 e. The lowest BCUT2D eigenvalue weighted by Crippen LogP contribution is -2.27. The fraction of sp³-hybridized carbons (Fsp3) is 0.500. The molecule has 0 saturated heterocycles. The third-order valence-corrected chi connectivity index (χ3v) is 3.30. The van der Waals surface area contributed by atoms with Gasteiger partial charge in [0.1, 0.15) is 9.84 Å². The van der Waals surface area contributed by atoms with Crippen LogP contribution in [0.2, 0.25) is 0 Å². The summed E-state index contributed by atoms with van der Waals surface area (Å²) in [5.74, 6) is 0.143. The molecule has 0 radical (unpaired) electrons. The van der Waals surface area contributed by atoms with E-state index in [0.717, 1.165) is 17.7 Å². The number of rotatable bonds is 5. The third-order valence-electron chi connectivity index (χ3n) is 2.36. The van der Waals surface area contributed by atoms with Crippen LogP contribution in [0.3, 0.4) is 0 Å². The number of hydrogen-bond donors (Lipinski definition) is 1. The van der Waals surface area contributed by atoms with Gasteiger partial charge < -0.3 is 5.32 Å². The van der Waals surface area contributed by atoms with Gasteiger partial charge in [0.05, 0.1) is 5.75 Å². The van der Waals surface area contributed by atoms with Crippen molar-refractivity contribution in [3.63, 3.8) is 0 Å². The zero-order valence-corrected chi connectivity index (χ0v) is 10.8. The minimum Gasteiger partial charge on any atom is -0.309 e. The molecule has 0 saturated carbocycles. The summed E-state index contributed by atoms with van der Waals surface area (Å²) in [7, 11) is -2.97. The Morgan fingerprint density at radius 1 is 1.38 bits per heavy atom. The van der Waals surface area contributed by atoms with Crippen molar-refractivity contribution in [2.45, 2.75) is 19.9 Å². The number of benzene rings is 1. The van der Waals surface area contributed by atoms with Crippen LogP contribution in [0.15, 0.2) is 24.3 Å². The molecule has 0 aliphatic rings. The average Bonchev–Trinajstić information content (AvgIpc) is 2.15. The molecule has 1 N–H and O–H groups in total. The van der Waals surface area contributed by atoms with Gasteiger partial charge in [-0.15, -0.1) is 0 Å². The largest absolute Gasteiger partial charge is 0.309 e. The first-order chi connectivity index (χ1) is 7.42. The molecule has 1 atom stereocenters. The molecule has 16 heavy (non-hydrogen) atoms. The highest BCUT2D eigenvalue weighted by Crippen LogP contribution is 2.16. The second kappa shape index (κ2) is 5.46. The van der Waals surface area contributed by atoms with Crippen molar-refractivity contribution in [2.75, 3.05) is 18.6 Å². The number of sulfone groups is 1. The maximum Gasteiger partial charge on any atom is 0.149 e. The Balaban J connectivity index is 2.93. The Hall–Kier alpha value is -0.870. The summed E-state index contributed by atoms with van der Waals surface area (Å²) in [6.45, 7) is 4.74. The topological polar surface area (TPSA) is 46.2 Å². The van der Waals surface area contributed by atoms with Gasteiger partial charge in [-0.25, -0.2) is 8.42 Å². The maximum absolute atomic E-state index is 11.3. The molecule has 1 unspecified atom stereocenters. The fourth-order valence-electron chi connectivity index (χ4n) is 1.71. The van der Waals surface area contributed by atoms with E-state index in [9.17, 15) is 8.42 Å². The van der Waals surface area contributed by atoms with Crippen LogP contribution in [0.5, 0.6) is 0 Å². The van der Waals surface area contributed by atoms with Crippen LogP contribution in [0.1, 0.15) is 24.1 Å². The van der Waals surface area contributed by atoms with E-state index in [0.29, 0.717) is 0 Å². The van der Waals surface area contributed by atoms with Gasteiger partial charge in [-0.2, -0.15) is 0 Å². The van der Waals surface area contributed by atoms with Crippen LogP contribution in [-0.2, 0) is 9.84 Å². The normalized spacial score (nSPS) is 13.7. The van der Waals surface area contributed by atoms with E-state index in [2.05, 4.69) is 5.32 Å². The van der Waals surface area contributed by atoms with Crippen LogP contribution in [0.4, 0.5) is 0 Å². The summed E-state index contributed by atoms with van der Waals surface area (Å²) in [6, 6.07) is 7.84. The summed E-state index contributed by atoms with van der Waals surface area (Å²) in [6.07, 6.45) is 1.27. The highest BCUT2D eigenvalue weighted by molar-refractivity contribution is 7.90. The van der Waals surface area contributed by atoms with E-state index >= 15 is 0 Å². The predicted molar refractivity (Wildman–Crippen MR) is 67.3 cm³/mol. The molecule has 1 aromatic rings. The molecule has 0 aromatic heterocycles.